The topological polar surface area (TPSA) is 66.8 Å². The average Bonchev–Trinajstić information content (AvgIpc) is 2.96. The highest BCUT2D eigenvalue weighted by Gasteiger charge is 2.17. The summed E-state index contributed by atoms with van der Waals surface area (Å²) >= 11 is 0. The number of para-hydroxylation sites is 2. The van der Waals surface area contributed by atoms with Gasteiger partial charge in [-0.15, -0.1) is 0 Å². The van der Waals surface area contributed by atoms with Gasteiger partial charge in [0.15, 0.2) is 0 Å². The van der Waals surface area contributed by atoms with Crippen LogP contribution in [0, 0.1) is 20.8 Å². The van der Waals surface area contributed by atoms with Crippen molar-refractivity contribution in [3.63, 3.8) is 0 Å². The molecular weight excluding hydrogens is 350 g/mol. The smallest absolute Gasteiger partial charge is 0.260 e. The molecule has 142 valence electrons. The number of hydrogen-bond donors (Lipinski definition) is 1. The fourth-order valence-electron chi connectivity index (χ4n) is 3.51. The normalized spacial score (nSPS) is 11.1. The Hall–Kier alpha value is -3.41. The minimum Gasteiger partial charge on any atom is -0.341 e. The van der Waals surface area contributed by atoms with E-state index < -0.39 is 0 Å². The molecule has 0 saturated carbocycles. The first-order valence-electron chi connectivity index (χ1n) is 9.27. The van der Waals surface area contributed by atoms with Gasteiger partial charge in [0.1, 0.15) is 0 Å². The van der Waals surface area contributed by atoms with E-state index in [9.17, 15) is 4.79 Å². The summed E-state index contributed by atoms with van der Waals surface area (Å²) in [5, 5.41) is 5.35. The molecule has 1 N–H and O–H groups in total. The molecule has 0 fully saturated rings. The Balaban J connectivity index is 1.70. The van der Waals surface area contributed by atoms with Gasteiger partial charge in [-0.3, -0.25) is 9.78 Å². The second kappa shape index (κ2) is 6.96. The highest BCUT2D eigenvalue weighted by Crippen LogP contribution is 2.22. The summed E-state index contributed by atoms with van der Waals surface area (Å²) in [4.78, 5) is 21.8. The van der Waals surface area contributed by atoms with E-state index in [1.54, 1.807) is 6.07 Å². The molecule has 0 saturated heterocycles. The molecule has 0 atom stereocenters. The van der Waals surface area contributed by atoms with E-state index in [1.807, 2.05) is 53.9 Å². The molecule has 4 aromatic rings. The van der Waals surface area contributed by atoms with Gasteiger partial charge < -0.3 is 4.90 Å². The second-order valence-electron chi connectivity index (χ2n) is 7.11. The van der Waals surface area contributed by atoms with Crippen molar-refractivity contribution in [2.75, 3.05) is 11.9 Å². The maximum Gasteiger partial charge on any atom is 0.260 e. The number of nitrogens with one attached hydrogen (secondary N) is 1. The van der Waals surface area contributed by atoms with Crippen LogP contribution >= 0.6 is 0 Å². The zero-order valence-corrected chi connectivity index (χ0v) is 16.5. The summed E-state index contributed by atoms with van der Waals surface area (Å²) < 4.78 is 1.99. The Morgan fingerprint density at radius 2 is 1.75 bits per heavy atom. The van der Waals surface area contributed by atoms with Crippen LogP contribution in [0.25, 0.3) is 16.6 Å². The van der Waals surface area contributed by atoms with Gasteiger partial charge in [0.2, 0.25) is 5.95 Å². The highest BCUT2D eigenvalue weighted by molar-refractivity contribution is 5.78. The molecule has 0 aliphatic heterocycles. The van der Waals surface area contributed by atoms with E-state index in [1.165, 1.54) is 5.56 Å². The zero-order chi connectivity index (χ0) is 19.8. The Bertz CT molecular complexity index is 1220. The predicted molar refractivity (Wildman–Crippen MR) is 112 cm³/mol. The number of hydrogen-bond acceptors (Lipinski definition) is 4. The first-order valence-corrected chi connectivity index (χ1v) is 9.27. The molecule has 28 heavy (non-hydrogen) atoms. The molecule has 2 aromatic carbocycles. The van der Waals surface area contributed by atoms with Gasteiger partial charge in [-0.2, -0.15) is 5.10 Å². The molecule has 0 unspecified atom stereocenters. The van der Waals surface area contributed by atoms with Crippen LogP contribution in [-0.4, -0.2) is 26.8 Å². The molecule has 0 spiro atoms. The van der Waals surface area contributed by atoms with Crippen molar-refractivity contribution in [2.45, 2.75) is 27.3 Å². The third-order valence-electron chi connectivity index (χ3n) is 5.14. The zero-order valence-electron chi connectivity index (χ0n) is 16.5. The fraction of sp³-hybridized carbons (Fsp3) is 0.227. The van der Waals surface area contributed by atoms with Gasteiger partial charge in [0.05, 0.1) is 22.3 Å². The van der Waals surface area contributed by atoms with E-state index in [-0.39, 0.29) is 5.56 Å². The van der Waals surface area contributed by atoms with Crippen LogP contribution in [0.5, 0.6) is 0 Å². The molecule has 2 aromatic heterocycles. The Morgan fingerprint density at radius 3 is 2.54 bits per heavy atom. The number of nitrogens with zero attached hydrogens (tertiary/aromatic N) is 4. The fourth-order valence-corrected chi connectivity index (χ4v) is 3.51. The molecule has 0 radical (unpaired) electrons. The molecule has 6 heteroatoms. The minimum atomic E-state index is -0.128. The lowest BCUT2D eigenvalue weighted by molar-refractivity contribution is 0.822. The summed E-state index contributed by atoms with van der Waals surface area (Å²) in [5.74, 6) is 0.547. The lowest BCUT2D eigenvalue weighted by atomic mass is 10.1. The number of benzene rings is 2. The Kier molecular flexibility index (Phi) is 4.47. The molecule has 0 amide bonds. The summed E-state index contributed by atoms with van der Waals surface area (Å²) in [7, 11) is 1.93. The van der Waals surface area contributed by atoms with Crippen molar-refractivity contribution in [3.8, 4) is 5.69 Å². The van der Waals surface area contributed by atoms with Crippen LogP contribution in [-0.2, 0) is 6.54 Å². The SMILES string of the molecule is Cc1ccccc1-n1nc(C)c(CN(C)c2nc3ccccc3c(=O)[nH]2)c1C. The minimum absolute atomic E-state index is 0.128. The molecule has 4 rings (SSSR count). The molecule has 0 aliphatic rings. The molecule has 0 bridgehead atoms. The molecular formula is C22H23N5O. The van der Waals surface area contributed by atoms with Gasteiger partial charge in [-0.05, 0) is 44.5 Å². The first-order chi connectivity index (χ1) is 13.5. The second-order valence-corrected chi connectivity index (χ2v) is 7.11. The standard InChI is InChI=1S/C22H23N5O/c1-14-9-5-8-12-20(14)27-16(3)18(15(2)25-27)13-26(4)22-23-19-11-7-6-10-17(19)21(28)24-22/h5-12H,13H2,1-4H3,(H,23,24,28). The summed E-state index contributed by atoms with van der Waals surface area (Å²) in [6.45, 7) is 6.78. The Labute approximate surface area is 163 Å². The summed E-state index contributed by atoms with van der Waals surface area (Å²) in [6, 6.07) is 15.6. The highest BCUT2D eigenvalue weighted by atomic mass is 16.1. The third kappa shape index (κ3) is 3.07. The van der Waals surface area contributed by atoms with E-state index in [2.05, 4.69) is 35.9 Å². The Morgan fingerprint density at radius 1 is 1.04 bits per heavy atom. The number of aryl methyl sites for hydroxylation is 2. The molecule has 2 heterocycles. The summed E-state index contributed by atoms with van der Waals surface area (Å²) in [5.41, 5.74) is 6.00. The van der Waals surface area contributed by atoms with Crippen LogP contribution in [0.2, 0.25) is 0 Å². The van der Waals surface area contributed by atoms with Gasteiger partial charge in [0.25, 0.3) is 5.56 Å². The number of aromatic amines is 1. The number of H-pyrrole nitrogens is 1. The quantitative estimate of drug-likeness (QED) is 0.593. The molecule has 0 aliphatic carbocycles. The van der Waals surface area contributed by atoms with E-state index in [0.717, 1.165) is 22.6 Å². The molecule has 6 nitrogen and oxygen atoms in total. The monoisotopic (exact) mass is 373 g/mol. The number of rotatable bonds is 4. The van der Waals surface area contributed by atoms with E-state index in [0.29, 0.717) is 23.4 Å². The van der Waals surface area contributed by atoms with Crippen LogP contribution in [0.4, 0.5) is 5.95 Å². The third-order valence-corrected chi connectivity index (χ3v) is 5.14. The predicted octanol–water partition coefficient (Wildman–Crippen LogP) is 3.67. The van der Waals surface area contributed by atoms with Gasteiger partial charge in [-0.1, -0.05) is 30.3 Å². The lowest BCUT2D eigenvalue weighted by Crippen LogP contribution is -2.23. The first kappa shape index (κ1) is 18.0. The summed E-state index contributed by atoms with van der Waals surface area (Å²) in [6.07, 6.45) is 0. The average molecular weight is 373 g/mol. The van der Waals surface area contributed by atoms with Crippen LogP contribution in [0.3, 0.4) is 0 Å². The van der Waals surface area contributed by atoms with E-state index >= 15 is 0 Å². The van der Waals surface area contributed by atoms with Gasteiger partial charge in [0, 0.05) is 24.8 Å². The maximum absolute atomic E-state index is 12.4. The van der Waals surface area contributed by atoms with Crippen molar-refractivity contribution in [1.82, 2.24) is 19.7 Å². The van der Waals surface area contributed by atoms with Crippen LogP contribution in [0.15, 0.2) is 53.3 Å². The van der Waals surface area contributed by atoms with Crippen LogP contribution < -0.4 is 10.5 Å². The largest absolute Gasteiger partial charge is 0.341 e. The van der Waals surface area contributed by atoms with Crippen molar-refractivity contribution in [3.05, 3.63) is 81.4 Å². The van der Waals surface area contributed by atoms with Crippen molar-refractivity contribution < 1.29 is 0 Å². The van der Waals surface area contributed by atoms with E-state index in [4.69, 9.17) is 5.10 Å². The van der Waals surface area contributed by atoms with Crippen molar-refractivity contribution >= 4 is 16.9 Å². The van der Waals surface area contributed by atoms with Gasteiger partial charge >= 0.3 is 0 Å². The number of anilines is 1. The van der Waals surface area contributed by atoms with Crippen molar-refractivity contribution in [1.29, 1.82) is 0 Å². The lowest BCUT2D eigenvalue weighted by Gasteiger charge is -2.18. The number of aromatic nitrogens is 4. The van der Waals surface area contributed by atoms with Gasteiger partial charge in [-0.25, -0.2) is 9.67 Å². The van der Waals surface area contributed by atoms with Crippen LogP contribution in [0.1, 0.15) is 22.5 Å². The van der Waals surface area contributed by atoms with Crippen molar-refractivity contribution in [2.24, 2.45) is 0 Å². The maximum atomic E-state index is 12.4. The number of fused-ring (bicyclic) bond motifs is 1.